The Labute approximate surface area is 135 Å². The number of carbonyl (C=O) groups is 4. The Morgan fingerprint density at radius 2 is 1.26 bits per heavy atom. The monoisotopic (exact) mass is 331 g/mol. The van der Waals surface area contributed by atoms with Gasteiger partial charge in [0.1, 0.15) is 5.60 Å². The predicted octanol–water partition coefficient (Wildman–Crippen LogP) is -0.00160. The van der Waals surface area contributed by atoms with Crippen molar-refractivity contribution in [1.29, 1.82) is 0 Å². The molecule has 9 heteroatoms. The summed E-state index contributed by atoms with van der Waals surface area (Å²) in [5.74, 6) is -1.63. The van der Waals surface area contributed by atoms with Crippen LogP contribution in [0.1, 0.15) is 40.0 Å². The maximum atomic E-state index is 11.5. The molecule has 0 atom stereocenters. The van der Waals surface area contributed by atoms with Crippen LogP contribution < -0.4 is 16.0 Å². The Hall–Kier alpha value is -2.32. The van der Waals surface area contributed by atoms with Gasteiger partial charge < -0.3 is 25.8 Å². The van der Waals surface area contributed by atoms with E-state index in [1.165, 1.54) is 0 Å². The van der Waals surface area contributed by atoms with Crippen molar-refractivity contribution in [3.05, 3.63) is 0 Å². The molecular formula is C14H25N3O6. The van der Waals surface area contributed by atoms with E-state index in [4.69, 9.17) is 9.84 Å². The molecule has 0 aliphatic rings. The summed E-state index contributed by atoms with van der Waals surface area (Å²) in [5.41, 5.74) is -0.597. The Bertz CT molecular complexity index is 431. The number of amides is 3. The fraction of sp³-hybridized carbons (Fsp3) is 0.714. The summed E-state index contributed by atoms with van der Waals surface area (Å²) in [4.78, 5) is 44.4. The van der Waals surface area contributed by atoms with Crippen LogP contribution in [-0.2, 0) is 19.1 Å². The van der Waals surface area contributed by atoms with Gasteiger partial charge in [0, 0.05) is 32.5 Å². The Morgan fingerprint density at radius 3 is 1.70 bits per heavy atom. The van der Waals surface area contributed by atoms with Crippen LogP contribution in [0, 0.1) is 0 Å². The number of hydrogen-bond donors (Lipinski definition) is 4. The van der Waals surface area contributed by atoms with Gasteiger partial charge in [-0.05, 0) is 20.8 Å². The largest absolute Gasteiger partial charge is 0.481 e. The van der Waals surface area contributed by atoms with E-state index in [1.807, 2.05) is 0 Å². The fourth-order valence-electron chi connectivity index (χ4n) is 1.39. The van der Waals surface area contributed by atoms with Gasteiger partial charge in [0.15, 0.2) is 0 Å². The number of aliphatic carboxylic acids is 1. The van der Waals surface area contributed by atoms with Gasteiger partial charge in [-0.3, -0.25) is 14.4 Å². The van der Waals surface area contributed by atoms with E-state index in [0.29, 0.717) is 0 Å². The van der Waals surface area contributed by atoms with Gasteiger partial charge in [0.25, 0.3) is 0 Å². The van der Waals surface area contributed by atoms with Crippen molar-refractivity contribution in [2.24, 2.45) is 0 Å². The second-order valence-corrected chi connectivity index (χ2v) is 5.77. The van der Waals surface area contributed by atoms with Gasteiger partial charge in [0.2, 0.25) is 11.8 Å². The fourth-order valence-corrected chi connectivity index (χ4v) is 1.39. The zero-order valence-electron chi connectivity index (χ0n) is 13.7. The molecule has 0 aromatic carbocycles. The standard InChI is InChI=1S/C14H25N3O6/c1-14(2,3)23-13(22)17-8-5-11(19)15-7-4-10(18)16-9-6-12(20)21/h4-9H2,1-3H3,(H,15,19)(H,16,18)(H,17,22)(H,20,21). The number of ether oxygens (including phenoxy) is 1. The lowest BCUT2D eigenvalue weighted by Gasteiger charge is -2.19. The molecule has 0 saturated heterocycles. The van der Waals surface area contributed by atoms with Gasteiger partial charge in [-0.1, -0.05) is 0 Å². The number of rotatable bonds is 9. The summed E-state index contributed by atoms with van der Waals surface area (Å²) in [6, 6.07) is 0. The first-order chi connectivity index (χ1) is 10.6. The van der Waals surface area contributed by atoms with E-state index < -0.39 is 17.7 Å². The van der Waals surface area contributed by atoms with E-state index in [9.17, 15) is 19.2 Å². The van der Waals surface area contributed by atoms with Gasteiger partial charge in [0.05, 0.1) is 6.42 Å². The number of carboxylic acids is 1. The van der Waals surface area contributed by atoms with Gasteiger partial charge in [-0.25, -0.2) is 4.79 Å². The molecular weight excluding hydrogens is 306 g/mol. The molecule has 0 saturated carbocycles. The lowest BCUT2D eigenvalue weighted by Crippen LogP contribution is -2.36. The highest BCUT2D eigenvalue weighted by Crippen LogP contribution is 2.06. The number of carbonyl (C=O) groups excluding carboxylic acids is 3. The van der Waals surface area contributed by atoms with Crippen molar-refractivity contribution >= 4 is 23.9 Å². The van der Waals surface area contributed by atoms with Crippen LogP contribution in [0.2, 0.25) is 0 Å². The average molecular weight is 331 g/mol. The molecule has 0 radical (unpaired) electrons. The molecule has 0 aromatic heterocycles. The summed E-state index contributed by atoms with van der Waals surface area (Å²) in [6.07, 6.45) is -0.609. The van der Waals surface area contributed by atoms with Gasteiger partial charge >= 0.3 is 12.1 Å². The van der Waals surface area contributed by atoms with E-state index >= 15 is 0 Å². The first-order valence-electron chi connectivity index (χ1n) is 7.32. The minimum atomic E-state index is -0.990. The van der Waals surface area contributed by atoms with E-state index in [1.54, 1.807) is 20.8 Å². The highest BCUT2D eigenvalue weighted by molar-refractivity contribution is 5.79. The topological polar surface area (TPSA) is 134 Å². The molecule has 9 nitrogen and oxygen atoms in total. The van der Waals surface area contributed by atoms with Crippen LogP contribution in [0.4, 0.5) is 4.79 Å². The van der Waals surface area contributed by atoms with Crippen molar-refractivity contribution in [2.75, 3.05) is 19.6 Å². The third-order valence-electron chi connectivity index (χ3n) is 2.36. The minimum absolute atomic E-state index is 0.0575. The highest BCUT2D eigenvalue weighted by Gasteiger charge is 2.15. The molecule has 0 bridgehead atoms. The molecule has 132 valence electrons. The SMILES string of the molecule is CC(C)(C)OC(=O)NCCC(=O)NCCC(=O)NCCC(=O)O. The van der Waals surface area contributed by atoms with Crippen LogP contribution in [0.25, 0.3) is 0 Å². The first kappa shape index (κ1) is 20.7. The molecule has 23 heavy (non-hydrogen) atoms. The average Bonchev–Trinajstić information content (AvgIpc) is 2.35. The predicted molar refractivity (Wildman–Crippen MR) is 81.7 cm³/mol. The second kappa shape index (κ2) is 10.4. The van der Waals surface area contributed by atoms with Crippen LogP contribution in [0.3, 0.4) is 0 Å². The Morgan fingerprint density at radius 1 is 0.826 bits per heavy atom. The van der Waals surface area contributed by atoms with Crippen molar-refractivity contribution in [3.8, 4) is 0 Å². The molecule has 0 heterocycles. The zero-order chi connectivity index (χ0) is 17.9. The van der Waals surface area contributed by atoms with Crippen LogP contribution in [0.5, 0.6) is 0 Å². The summed E-state index contributed by atoms with van der Waals surface area (Å²) in [6.45, 7) is 5.54. The van der Waals surface area contributed by atoms with Crippen LogP contribution >= 0.6 is 0 Å². The van der Waals surface area contributed by atoms with E-state index in [0.717, 1.165) is 0 Å². The zero-order valence-corrected chi connectivity index (χ0v) is 13.7. The molecule has 0 aliphatic heterocycles. The minimum Gasteiger partial charge on any atom is -0.481 e. The summed E-state index contributed by atoms with van der Waals surface area (Å²) in [7, 11) is 0. The van der Waals surface area contributed by atoms with Crippen molar-refractivity contribution in [1.82, 2.24) is 16.0 Å². The molecule has 0 rings (SSSR count). The lowest BCUT2D eigenvalue weighted by molar-refractivity contribution is -0.137. The lowest BCUT2D eigenvalue weighted by atomic mass is 10.2. The van der Waals surface area contributed by atoms with Crippen LogP contribution in [-0.4, -0.2) is 54.2 Å². The maximum absolute atomic E-state index is 11.5. The Balaban J connectivity index is 3.66. The molecule has 3 amide bonds. The molecule has 0 aliphatic carbocycles. The normalized spacial score (nSPS) is 10.6. The molecule has 0 aromatic rings. The number of hydrogen-bond acceptors (Lipinski definition) is 5. The number of carboxylic acid groups (broad SMARTS) is 1. The quantitative estimate of drug-likeness (QED) is 0.470. The van der Waals surface area contributed by atoms with Gasteiger partial charge in [-0.2, -0.15) is 0 Å². The van der Waals surface area contributed by atoms with Crippen molar-refractivity contribution in [2.45, 2.75) is 45.6 Å². The molecule has 4 N–H and O–H groups in total. The second-order valence-electron chi connectivity index (χ2n) is 5.77. The molecule has 0 fully saturated rings. The summed E-state index contributed by atoms with van der Waals surface area (Å²) in [5, 5.41) is 15.8. The summed E-state index contributed by atoms with van der Waals surface area (Å²) < 4.78 is 5.01. The van der Waals surface area contributed by atoms with Crippen molar-refractivity contribution < 1.29 is 29.0 Å². The maximum Gasteiger partial charge on any atom is 0.407 e. The van der Waals surface area contributed by atoms with E-state index in [-0.39, 0.29) is 50.7 Å². The third-order valence-corrected chi connectivity index (χ3v) is 2.36. The first-order valence-corrected chi connectivity index (χ1v) is 7.32. The number of nitrogens with one attached hydrogen (secondary N) is 3. The summed E-state index contributed by atoms with van der Waals surface area (Å²) >= 11 is 0. The third kappa shape index (κ3) is 14.4. The van der Waals surface area contributed by atoms with Gasteiger partial charge in [-0.15, -0.1) is 0 Å². The Kier molecular flexibility index (Phi) is 9.36. The van der Waals surface area contributed by atoms with Crippen LogP contribution in [0.15, 0.2) is 0 Å². The van der Waals surface area contributed by atoms with E-state index in [2.05, 4.69) is 16.0 Å². The molecule has 0 unspecified atom stereocenters. The smallest absolute Gasteiger partial charge is 0.407 e. The molecule has 0 spiro atoms. The van der Waals surface area contributed by atoms with Crippen molar-refractivity contribution in [3.63, 3.8) is 0 Å². The highest BCUT2D eigenvalue weighted by atomic mass is 16.6. The number of alkyl carbamates (subject to hydrolysis) is 1.